The standard InChI is InChI=1S/C24H34N2O3/c1-7-26(18(4)20-9-8-10-22(15-20)29-6)16-23(27)25-24(17(2)3)19-11-13-21(28-5)14-12-19/h8-15,17-18,24H,7,16H2,1-6H3,(H,25,27). The Morgan fingerprint density at radius 2 is 1.62 bits per heavy atom. The van der Waals surface area contributed by atoms with E-state index in [0.29, 0.717) is 6.54 Å². The molecule has 0 aliphatic rings. The van der Waals surface area contributed by atoms with Crippen LogP contribution in [0.15, 0.2) is 48.5 Å². The average molecular weight is 399 g/mol. The fourth-order valence-electron chi connectivity index (χ4n) is 3.48. The first-order chi connectivity index (χ1) is 13.9. The summed E-state index contributed by atoms with van der Waals surface area (Å²) < 4.78 is 10.6. The van der Waals surface area contributed by atoms with Crippen LogP contribution in [0.1, 0.15) is 50.9 Å². The van der Waals surface area contributed by atoms with Gasteiger partial charge in [-0.2, -0.15) is 0 Å². The van der Waals surface area contributed by atoms with E-state index in [2.05, 4.69) is 44.0 Å². The van der Waals surface area contributed by atoms with E-state index in [-0.39, 0.29) is 23.9 Å². The highest BCUT2D eigenvalue weighted by Gasteiger charge is 2.22. The van der Waals surface area contributed by atoms with Crippen molar-refractivity contribution in [2.75, 3.05) is 27.3 Å². The van der Waals surface area contributed by atoms with E-state index in [1.54, 1.807) is 14.2 Å². The molecule has 0 aliphatic carbocycles. The second kappa shape index (κ2) is 10.9. The molecular weight excluding hydrogens is 364 g/mol. The summed E-state index contributed by atoms with van der Waals surface area (Å²) in [6.45, 7) is 9.55. The maximum Gasteiger partial charge on any atom is 0.234 e. The van der Waals surface area contributed by atoms with Gasteiger partial charge in [0.1, 0.15) is 11.5 Å². The second-order valence-corrected chi connectivity index (χ2v) is 7.58. The number of nitrogens with zero attached hydrogens (tertiary/aromatic N) is 1. The summed E-state index contributed by atoms with van der Waals surface area (Å²) in [6, 6.07) is 16.0. The summed E-state index contributed by atoms with van der Waals surface area (Å²) in [5, 5.41) is 3.22. The lowest BCUT2D eigenvalue weighted by atomic mass is 9.96. The predicted molar refractivity (Wildman–Crippen MR) is 117 cm³/mol. The van der Waals surface area contributed by atoms with Crippen LogP contribution in [0.4, 0.5) is 0 Å². The van der Waals surface area contributed by atoms with Gasteiger partial charge in [0.15, 0.2) is 0 Å². The lowest BCUT2D eigenvalue weighted by Gasteiger charge is -2.30. The number of benzene rings is 2. The van der Waals surface area contributed by atoms with Gasteiger partial charge in [0, 0.05) is 6.04 Å². The van der Waals surface area contributed by atoms with E-state index in [1.807, 2.05) is 42.5 Å². The number of hydrogen-bond acceptors (Lipinski definition) is 4. The van der Waals surface area contributed by atoms with Crippen molar-refractivity contribution in [3.8, 4) is 11.5 Å². The topological polar surface area (TPSA) is 50.8 Å². The van der Waals surface area contributed by atoms with Gasteiger partial charge in [-0.1, -0.05) is 45.0 Å². The van der Waals surface area contributed by atoms with Gasteiger partial charge < -0.3 is 14.8 Å². The van der Waals surface area contributed by atoms with Gasteiger partial charge in [-0.05, 0) is 54.8 Å². The van der Waals surface area contributed by atoms with Crippen molar-refractivity contribution in [3.05, 3.63) is 59.7 Å². The molecule has 0 radical (unpaired) electrons. The molecule has 0 bridgehead atoms. The van der Waals surface area contributed by atoms with Crippen molar-refractivity contribution < 1.29 is 14.3 Å². The minimum atomic E-state index is -0.0424. The zero-order chi connectivity index (χ0) is 21.4. The predicted octanol–water partition coefficient (Wildman–Crippen LogP) is 4.60. The Hall–Kier alpha value is -2.53. The Balaban J connectivity index is 2.08. The number of likely N-dealkylation sites (N-methyl/N-ethyl adjacent to an activating group) is 1. The van der Waals surface area contributed by atoms with Gasteiger partial charge in [0.2, 0.25) is 5.91 Å². The number of carbonyl (C=O) groups is 1. The fourth-order valence-corrected chi connectivity index (χ4v) is 3.48. The molecule has 2 aromatic rings. The van der Waals surface area contributed by atoms with E-state index >= 15 is 0 Å². The molecular formula is C24H34N2O3. The summed E-state index contributed by atoms with van der Waals surface area (Å²) in [6.07, 6.45) is 0. The molecule has 1 N–H and O–H groups in total. The fraction of sp³-hybridized carbons (Fsp3) is 0.458. The molecule has 2 rings (SSSR count). The number of methoxy groups -OCH3 is 2. The molecule has 2 aromatic carbocycles. The van der Waals surface area contributed by atoms with Gasteiger partial charge >= 0.3 is 0 Å². The summed E-state index contributed by atoms with van der Waals surface area (Å²) in [4.78, 5) is 15.0. The van der Waals surface area contributed by atoms with Crippen LogP contribution in [-0.2, 0) is 4.79 Å². The number of hydrogen-bond donors (Lipinski definition) is 1. The molecule has 0 heterocycles. The molecule has 0 fully saturated rings. The molecule has 29 heavy (non-hydrogen) atoms. The zero-order valence-corrected chi connectivity index (χ0v) is 18.4. The lowest BCUT2D eigenvalue weighted by Crippen LogP contribution is -2.41. The Bertz CT molecular complexity index is 774. The number of amides is 1. The first kappa shape index (κ1) is 22.8. The van der Waals surface area contributed by atoms with E-state index in [4.69, 9.17) is 9.47 Å². The van der Waals surface area contributed by atoms with E-state index in [9.17, 15) is 4.79 Å². The Kier molecular flexibility index (Phi) is 8.52. The van der Waals surface area contributed by atoms with E-state index < -0.39 is 0 Å². The van der Waals surface area contributed by atoms with Crippen LogP contribution in [0.2, 0.25) is 0 Å². The molecule has 0 aliphatic heterocycles. The summed E-state index contributed by atoms with van der Waals surface area (Å²) in [5.74, 6) is 1.94. The SMILES string of the molecule is CCN(CC(=O)NC(c1ccc(OC)cc1)C(C)C)C(C)c1cccc(OC)c1. The van der Waals surface area contributed by atoms with Crippen molar-refractivity contribution in [1.29, 1.82) is 0 Å². The van der Waals surface area contributed by atoms with Crippen LogP contribution in [0.25, 0.3) is 0 Å². The molecule has 0 saturated heterocycles. The van der Waals surface area contributed by atoms with Crippen molar-refractivity contribution in [2.24, 2.45) is 5.92 Å². The van der Waals surface area contributed by atoms with Gasteiger partial charge in [0.25, 0.3) is 0 Å². The average Bonchev–Trinajstić information content (AvgIpc) is 2.75. The normalized spacial score (nSPS) is 13.2. The van der Waals surface area contributed by atoms with Crippen molar-refractivity contribution in [3.63, 3.8) is 0 Å². The first-order valence-electron chi connectivity index (χ1n) is 10.2. The van der Waals surface area contributed by atoms with E-state index in [1.165, 1.54) is 0 Å². The highest BCUT2D eigenvalue weighted by atomic mass is 16.5. The third-order valence-electron chi connectivity index (χ3n) is 5.33. The van der Waals surface area contributed by atoms with Crippen LogP contribution >= 0.6 is 0 Å². The molecule has 0 aromatic heterocycles. The lowest BCUT2D eigenvalue weighted by molar-refractivity contribution is -0.123. The van der Waals surface area contributed by atoms with Gasteiger partial charge in [-0.3, -0.25) is 9.69 Å². The van der Waals surface area contributed by atoms with E-state index in [0.717, 1.165) is 29.2 Å². The number of ether oxygens (including phenoxy) is 2. The highest BCUT2D eigenvalue weighted by Crippen LogP contribution is 2.25. The van der Waals surface area contributed by atoms with Gasteiger partial charge in [-0.15, -0.1) is 0 Å². The van der Waals surface area contributed by atoms with Crippen molar-refractivity contribution in [2.45, 2.75) is 39.8 Å². The van der Waals surface area contributed by atoms with Crippen LogP contribution in [-0.4, -0.2) is 38.1 Å². The molecule has 0 saturated carbocycles. The van der Waals surface area contributed by atoms with Crippen LogP contribution < -0.4 is 14.8 Å². The van der Waals surface area contributed by atoms with Gasteiger partial charge in [0.05, 0.1) is 26.8 Å². The van der Waals surface area contributed by atoms with Crippen LogP contribution in [0.5, 0.6) is 11.5 Å². The monoisotopic (exact) mass is 398 g/mol. The number of nitrogens with one attached hydrogen (secondary N) is 1. The summed E-state index contributed by atoms with van der Waals surface area (Å²) in [7, 11) is 3.32. The summed E-state index contributed by atoms with van der Waals surface area (Å²) in [5.41, 5.74) is 2.22. The third-order valence-corrected chi connectivity index (χ3v) is 5.33. The minimum absolute atomic E-state index is 0.0242. The Morgan fingerprint density at radius 1 is 0.966 bits per heavy atom. The van der Waals surface area contributed by atoms with Crippen LogP contribution in [0, 0.1) is 5.92 Å². The first-order valence-corrected chi connectivity index (χ1v) is 10.2. The molecule has 2 unspecified atom stereocenters. The number of carbonyl (C=O) groups excluding carboxylic acids is 1. The maximum absolute atomic E-state index is 12.9. The Morgan fingerprint density at radius 3 is 2.17 bits per heavy atom. The molecule has 1 amide bonds. The molecule has 5 nitrogen and oxygen atoms in total. The smallest absolute Gasteiger partial charge is 0.234 e. The summed E-state index contributed by atoms with van der Waals surface area (Å²) >= 11 is 0. The largest absolute Gasteiger partial charge is 0.497 e. The molecule has 2 atom stereocenters. The van der Waals surface area contributed by atoms with Crippen molar-refractivity contribution in [1.82, 2.24) is 10.2 Å². The quantitative estimate of drug-likeness (QED) is 0.635. The van der Waals surface area contributed by atoms with Crippen LogP contribution in [0.3, 0.4) is 0 Å². The second-order valence-electron chi connectivity index (χ2n) is 7.58. The maximum atomic E-state index is 12.9. The third kappa shape index (κ3) is 6.23. The molecule has 158 valence electrons. The number of rotatable bonds is 10. The minimum Gasteiger partial charge on any atom is -0.497 e. The Labute approximate surface area is 175 Å². The molecule has 5 heteroatoms. The van der Waals surface area contributed by atoms with Gasteiger partial charge in [-0.25, -0.2) is 0 Å². The van der Waals surface area contributed by atoms with Crippen molar-refractivity contribution >= 4 is 5.91 Å². The zero-order valence-electron chi connectivity index (χ0n) is 18.4. The molecule has 0 spiro atoms. The highest BCUT2D eigenvalue weighted by molar-refractivity contribution is 5.78.